The normalized spacial score (nSPS) is 11.8. The Morgan fingerprint density at radius 1 is 1.36 bits per heavy atom. The second kappa shape index (κ2) is 6.48. The number of alkyl halides is 3. The topological polar surface area (TPSA) is 120 Å². The number of pyridine rings is 1. The molecule has 0 aliphatic carbocycles. The van der Waals surface area contributed by atoms with Crippen molar-refractivity contribution in [3.63, 3.8) is 0 Å². The number of nitriles is 1. The van der Waals surface area contributed by atoms with Crippen LogP contribution in [0.25, 0.3) is 11.6 Å². The number of hydrogen-bond acceptors (Lipinski definition) is 6. The Labute approximate surface area is 138 Å². The van der Waals surface area contributed by atoms with E-state index in [1.165, 1.54) is 0 Å². The Morgan fingerprint density at radius 2 is 2.04 bits per heavy atom. The smallest absolute Gasteiger partial charge is 0.417 e. The summed E-state index contributed by atoms with van der Waals surface area (Å²) in [7, 11) is 0. The predicted molar refractivity (Wildman–Crippen MR) is 79.1 cm³/mol. The zero-order valence-corrected chi connectivity index (χ0v) is 12.2. The van der Waals surface area contributed by atoms with Crippen LogP contribution in [0, 0.1) is 21.4 Å². The van der Waals surface area contributed by atoms with Gasteiger partial charge < -0.3 is 10.2 Å². The number of aromatic hydroxyl groups is 2. The predicted octanol–water partition coefficient (Wildman–Crippen LogP) is 3.48. The van der Waals surface area contributed by atoms with E-state index in [4.69, 9.17) is 0 Å². The number of allylic oxidation sites excluding steroid dienone is 1. The van der Waals surface area contributed by atoms with E-state index in [2.05, 4.69) is 4.98 Å². The fraction of sp³-hybridized carbons (Fsp3) is 0.0667. The van der Waals surface area contributed by atoms with Crippen molar-refractivity contribution in [3.8, 4) is 17.6 Å². The third kappa shape index (κ3) is 3.66. The van der Waals surface area contributed by atoms with Crippen LogP contribution < -0.4 is 0 Å². The van der Waals surface area contributed by atoms with E-state index in [1.807, 2.05) is 0 Å². The van der Waals surface area contributed by atoms with Crippen LogP contribution in [-0.4, -0.2) is 20.1 Å². The van der Waals surface area contributed by atoms with Crippen LogP contribution in [0.4, 0.5) is 18.9 Å². The fourth-order valence-corrected chi connectivity index (χ4v) is 2.04. The molecule has 1 heterocycles. The highest BCUT2D eigenvalue weighted by molar-refractivity contribution is 5.91. The van der Waals surface area contributed by atoms with E-state index in [-0.39, 0.29) is 5.56 Å². The summed E-state index contributed by atoms with van der Waals surface area (Å²) in [6.45, 7) is 0. The average Bonchev–Trinajstić information content (AvgIpc) is 2.54. The number of hydrogen-bond donors (Lipinski definition) is 2. The Bertz CT molecular complexity index is 917. The van der Waals surface area contributed by atoms with E-state index >= 15 is 0 Å². The standard InChI is InChI=1S/C15H8F3N3O4/c16-15(17,18)11-1-2-20-7-10(11)9(6-19)3-8-4-12(21(24)25)14(23)13(22)5-8/h1-5,7,22-23H/b9-3+. The zero-order chi connectivity index (χ0) is 18.8. The monoisotopic (exact) mass is 351 g/mol. The van der Waals surface area contributed by atoms with Crippen molar-refractivity contribution in [2.75, 3.05) is 0 Å². The van der Waals surface area contributed by atoms with Crippen molar-refractivity contribution < 1.29 is 28.3 Å². The maximum absolute atomic E-state index is 13.0. The maximum Gasteiger partial charge on any atom is 0.417 e. The molecule has 0 saturated heterocycles. The van der Waals surface area contributed by atoms with Crippen LogP contribution in [0.3, 0.4) is 0 Å². The molecule has 0 aliphatic heterocycles. The van der Waals surface area contributed by atoms with E-state index in [0.29, 0.717) is 6.07 Å². The minimum Gasteiger partial charge on any atom is -0.504 e. The summed E-state index contributed by atoms with van der Waals surface area (Å²) in [5.41, 5.74) is -3.10. The molecule has 128 valence electrons. The quantitative estimate of drug-likeness (QED) is 0.378. The van der Waals surface area contributed by atoms with Crippen LogP contribution in [0.2, 0.25) is 0 Å². The minimum atomic E-state index is -4.74. The third-order valence-corrected chi connectivity index (χ3v) is 3.14. The second-order valence-corrected chi connectivity index (χ2v) is 4.75. The number of benzene rings is 1. The highest BCUT2D eigenvalue weighted by Gasteiger charge is 2.34. The number of nitro groups is 1. The summed E-state index contributed by atoms with van der Waals surface area (Å²) in [4.78, 5) is 13.4. The Balaban J connectivity index is 2.65. The van der Waals surface area contributed by atoms with Crippen molar-refractivity contribution in [2.24, 2.45) is 0 Å². The lowest BCUT2D eigenvalue weighted by Gasteiger charge is -2.11. The van der Waals surface area contributed by atoms with Crippen LogP contribution in [0.15, 0.2) is 30.6 Å². The average molecular weight is 351 g/mol. The van der Waals surface area contributed by atoms with Gasteiger partial charge in [-0.15, -0.1) is 0 Å². The lowest BCUT2D eigenvalue weighted by atomic mass is 10.00. The number of nitrogens with zero attached hydrogens (tertiary/aromatic N) is 3. The number of phenols is 2. The van der Waals surface area contributed by atoms with Crippen molar-refractivity contribution in [1.29, 1.82) is 5.26 Å². The number of aromatic nitrogens is 1. The van der Waals surface area contributed by atoms with E-state index in [1.54, 1.807) is 6.07 Å². The lowest BCUT2D eigenvalue weighted by molar-refractivity contribution is -0.386. The summed E-state index contributed by atoms with van der Waals surface area (Å²) >= 11 is 0. The van der Waals surface area contributed by atoms with Gasteiger partial charge in [-0.05, 0) is 23.8 Å². The van der Waals surface area contributed by atoms with Crippen LogP contribution in [-0.2, 0) is 6.18 Å². The summed E-state index contributed by atoms with van der Waals surface area (Å²) in [6.07, 6.45) is -2.07. The maximum atomic E-state index is 13.0. The molecule has 25 heavy (non-hydrogen) atoms. The van der Waals surface area contributed by atoms with Crippen LogP contribution in [0.1, 0.15) is 16.7 Å². The molecule has 1 aromatic heterocycles. The van der Waals surface area contributed by atoms with Gasteiger partial charge in [0, 0.05) is 24.0 Å². The van der Waals surface area contributed by atoms with Crippen molar-refractivity contribution in [3.05, 3.63) is 57.4 Å². The molecular weight excluding hydrogens is 343 g/mol. The van der Waals surface area contributed by atoms with Crippen molar-refractivity contribution in [2.45, 2.75) is 6.18 Å². The number of nitro benzene ring substituents is 1. The summed E-state index contributed by atoms with van der Waals surface area (Å²) < 4.78 is 39.1. The molecule has 1 aromatic carbocycles. The zero-order valence-electron chi connectivity index (χ0n) is 12.2. The number of halogens is 3. The SMILES string of the molecule is N#C/C(=C\c1cc(O)c(O)c([N+](=O)[O-])c1)c1cnccc1C(F)(F)F. The van der Waals surface area contributed by atoms with Gasteiger partial charge in [-0.1, -0.05) is 0 Å². The molecular formula is C15H8F3N3O4. The van der Waals surface area contributed by atoms with E-state index in [9.17, 15) is 38.8 Å². The first-order chi connectivity index (χ1) is 11.6. The summed E-state index contributed by atoms with van der Waals surface area (Å²) in [6, 6.07) is 3.95. The summed E-state index contributed by atoms with van der Waals surface area (Å²) in [5, 5.41) is 38.9. The molecule has 0 bridgehead atoms. The molecule has 2 rings (SSSR count). The lowest BCUT2D eigenvalue weighted by Crippen LogP contribution is -2.08. The van der Waals surface area contributed by atoms with E-state index in [0.717, 1.165) is 30.6 Å². The van der Waals surface area contributed by atoms with Gasteiger partial charge in [0.2, 0.25) is 5.75 Å². The molecule has 0 unspecified atom stereocenters. The largest absolute Gasteiger partial charge is 0.504 e. The number of phenolic OH excluding ortho intramolecular Hbond substituents is 2. The van der Waals surface area contributed by atoms with Gasteiger partial charge in [0.25, 0.3) is 0 Å². The van der Waals surface area contributed by atoms with Gasteiger partial charge in [0.1, 0.15) is 0 Å². The highest BCUT2D eigenvalue weighted by atomic mass is 19.4. The summed E-state index contributed by atoms with van der Waals surface area (Å²) in [5.74, 6) is -1.84. The minimum absolute atomic E-state index is 0.143. The van der Waals surface area contributed by atoms with Gasteiger partial charge in [-0.3, -0.25) is 15.1 Å². The molecule has 2 aromatic rings. The van der Waals surface area contributed by atoms with Crippen molar-refractivity contribution in [1.82, 2.24) is 4.98 Å². The van der Waals surface area contributed by atoms with Crippen LogP contribution in [0.5, 0.6) is 11.5 Å². The van der Waals surface area contributed by atoms with Gasteiger partial charge in [0.05, 0.1) is 22.1 Å². The third-order valence-electron chi connectivity index (χ3n) is 3.14. The molecule has 0 aliphatic rings. The highest BCUT2D eigenvalue weighted by Crippen LogP contribution is 2.38. The second-order valence-electron chi connectivity index (χ2n) is 4.75. The van der Waals surface area contributed by atoms with Gasteiger partial charge in [-0.25, -0.2) is 0 Å². The fourth-order valence-electron chi connectivity index (χ4n) is 2.04. The molecule has 10 heteroatoms. The van der Waals surface area contributed by atoms with Gasteiger partial charge in [-0.2, -0.15) is 18.4 Å². The molecule has 0 radical (unpaired) electrons. The van der Waals surface area contributed by atoms with Crippen LogP contribution >= 0.6 is 0 Å². The Hall–Kier alpha value is -3.61. The first-order valence-corrected chi connectivity index (χ1v) is 6.49. The Morgan fingerprint density at radius 3 is 2.60 bits per heavy atom. The first-order valence-electron chi connectivity index (χ1n) is 6.49. The van der Waals surface area contributed by atoms with Gasteiger partial charge >= 0.3 is 11.9 Å². The van der Waals surface area contributed by atoms with E-state index < -0.39 is 45.0 Å². The Kier molecular flexibility index (Phi) is 4.60. The van der Waals surface area contributed by atoms with Crippen molar-refractivity contribution >= 4 is 17.3 Å². The molecule has 0 fully saturated rings. The molecule has 0 amide bonds. The molecule has 0 spiro atoms. The number of rotatable bonds is 3. The molecule has 0 saturated carbocycles. The molecule has 2 N–H and O–H groups in total. The molecule has 0 atom stereocenters. The van der Waals surface area contributed by atoms with Gasteiger partial charge in [0.15, 0.2) is 5.75 Å². The first kappa shape index (κ1) is 17.7. The molecule has 7 nitrogen and oxygen atoms in total.